The summed E-state index contributed by atoms with van der Waals surface area (Å²) < 4.78 is 5.08. The Hall–Kier alpha value is -3.47. The Labute approximate surface area is 244 Å². The molecule has 3 aliphatic rings. The molecule has 40 heavy (non-hydrogen) atoms. The summed E-state index contributed by atoms with van der Waals surface area (Å²) >= 11 is 0. The molecule has 0 unspecified atom stereocenters. The number of ether oxygens (including phenoxy) is 1. The molecular weight excluding hydrogens is 521 g/mol. The van der Waals surface area contributed by atoms with Crippen molar-refractivity contribution < 1.29 is 68.7 Å². The van der Waals surface area contributed by atoms with Crippen LogP contribution in [0.1, 0.15) is 18.4 Å². The van der Waals surface area contributed by atoms with Crippen molar-refractivity contribution in [2.45, 2.75) is 25.3 Å². The van der Waals surface area contributed by atoms with Crippen LogP contribution in [0.5, 0.6) is 0 Å². The van der Waals surface area contributed by atoms with E-state index in [4.69, 9.17) is 20.4 Å². The van der Waals surface area contributed by atoms with Crippen molar-refractivity contribution in [1.82, 2.24) is 14.7 Å². The van der Waals surface area contributed by atoms with Crippen molar-refractivity contribution >= 4 is 29.8 Å². The Morgan fingerprint density at radius 3 is 1.90 bits per heavy atom. The van der Waals surface area contributed by atoms with Gasteiger partial charge in [-0.15, -0.1) is 13.2 Å². The Balaban J connectivity index is 0.000000811. The Morgan fingerprint density at radius 2 is 1.43 bits per heavy atom. The number of cyclic esters (lactones) is 1. The van der Waals surface area contributed by atoms with Gasteiger partial charge in [-0.05, 0) is 12.0 Å². The largest absolute Gasteiger partial charge is 1.00 e. The molecule has 0 aliphatic carbocycles. The van der Waals surface area contributed by atoms with Crippen LogP contribution in [0, 0.1) is 11.8 Å². The van der Waals surface area contributed by atoms with Crippen LogP contribution in [0.4, 0.5) is 4.79 Å². The summed E-state index contributed by atoms with van der Waals surface area (Å²) in [5.41, 5.74) is 1.04. The SMILES string of the molecule is C=CCN1C[C@@H](C(=O)N2C(=O)OC[C@@H]2Cc2ccccc2)CC1=O.C=CCN1C[C@@H](C(=O)O)CC1=O.OO.[Li+].[OH-]. The van der Waals surface area contributed by atoms with Crippen LogP contribution in [0.2, 0.25) is 0 Å². The molecule has 1 aromatic carbocycles. The summed E-state index contributed by atoms with van der Waals surface area (Å²) in [5, 5.41) is 20.6. The van der Waals surface area contributed by atoms with Gasteiger partial charge in [-0.1, -0.05) is 42.5 Å². The van der Waals surface area contributed by atoms with Gasteiger partial charge in [0.2, 0.25) is 17.7 Å². The van der Waals surface area contributed by atoms with E-state index in [1.807, 2.05) is 30.3 Å². The minimum atomic E-state index is -0.894. The molecule has 0 saturated carbocycles. The molecular formula is C26H34LiN3O10. The van der Waals surface area contributed by atoms with Crippen LogP contribution < -0.4 is 18.9 Å². The number of hydrogen-bond donors (Lipinski definition) is 3. The first-order valence-electron chi connectivity index (χ1n) is 12.0. The molecule has 0 spiro atoms. The zero-order chi connectivity index (χ0) is 28.2. The van der Waals surface area contributed by atoms with Crippen LogP contribution in [0.25, 0.3) is 0 Å². The van der Waals surface area contributed by atoms with E-state index in [2.05, 4.69) is 13.2 Å². The Morgan fingerprint density at radius 1 is 0.925 bits per heavy atom. The molecule has 14 heteroatoms. The Bertz CT molecular complexity index is 1040. The summed E-state index contributed by atoms with van der Waals surface area (Å²) in [6.45, 7) is 8.80. The minimum Gasteiger partial charge on any atom is -0.870 e. The number of nitrogens with zero attached hydrogens (tertiary/aromatic N) is 3. The van der Waals surface area contributed by atoms with Crippen molar-refractivity contribution in [3.63, 3.8) is 0 Å². The number of amides is 4. The third kappa shape index (κ3) is 9.62. The van der Waals surface area contributed by atoms with E-state index in [0.29, 0.717) is 32.6 Å². The predicted octanol–water partition coefficient (Wildman–Crippen LogP) is -1.44. The second-order valence-corrected chi connectivity index (χ2v) is 8.94. The smallest absolute Gasteiger partial charge is 0.870 e. The molecule has 3 heterocycles. The van der Waals surface area contributed by atoms with Gasteiger partial charge in [0, 0.05) is 39.0 Å². The van der Waals surface area contributed by atoms with Gasteiger partial charge >= 0.3 is 30.9 Å². The maximum atomic E-state index is 12.8. The van der Waals surface area contributed by atoms with Gasteiger partial charge in [0.25, 0.3) is 0 Å². The second-order valence-electron chi connectivity index (χ2n) is 8.94. The fraction of sp³-hybridized carbons (Fsp3) is 0.423. The first-order valence-corrected chi connectivity index (χ1v) is 12.0. The molecule has 0 bridgehead atoms. The third-order valence-electron chi connectivity index (χ3n) is 6.34. The summed E-state index contributed by atoms with van der Waals surface area (Å²) in [6, 6.07) is 9.34. The molecule has 4 rings (SSSR count). The topological polar surface area (TPSA) is 195 Å². The van der Waals surface area contributed by atoms with E-state index in [9.17, 15) is 24.0 Å². The summed E-state index contributed by atoms with van der Waals surface area (Å²) in [7, 11) is 0. The van der Waals surface area contributed by atoms with Crippen LogP contribution in [0.15, 0.2) is 55.6 Å². The Kier molecular flexibility index (Phi) is 16.4. The molecule has 3 fully saturated rings. The number of aliphatic carboxylic acids is 1. The van der Waals surface area contributed by atoms with Gasteiger partial charge < -0.3 is 25.1 Å². The fourth-order valence-corrected chi connectivity index (χ4v) is 4.50. The van der Waals surface area contributed by atoms with Crippen LogP contribution in [-0.4, -0.2) is 104 Å². The zero-order valence-electron chi connectivity index (χ0n) is 22.4. The normalized spacial score (nSPS) is 21.1. The first kappa shape index (κ1) is 36.5. The van der Waals surface area contributed by atoms with Gasteiger partial charge in [0.05, 0.1) is 17.9 Å². The standard InChI is InChI=1S/C18H20N2O4.C8H11NO3.Li.H2O2.H2O/c1-2-8-19-11-14(10-16(19)21)17(22)20-15(12-24-18(20)23)9-13-6-4-3-5-7-13;1-2-3-9-5-6(8(11)12)4-7(9)10;;1-2;/h2-7,14-15H,1,8-12H2;2,6H,1,3-5H2,(H,11,12);;1-2H;1H2/q;;+1;;/p-1/t14-,15-;6-;;;/m00.../s1. The second kappa shape index (κ2) is 18.0. The van der Waals surface area contributed by atoms with Gasteiger partial charge in [-0.3, -0.25) is 29.7 Å². The molecule has 0 aromatic heterocycles. The monoisotopic (exact) mass is 555 g/mol. The van der Waals surface area contributed by atoms with Crippen molar-refractivity contribution in [2.75, 3.05) is 32.8 Å². The maximum absolute atomic E-state index is 12.8. The van der Waals surface area contributed by atoms with Crippen LogP contribution in [-0.2, 0) is 30.3 Å². The molecule has 3 atom stereocenters. The molecule has 3 aliphatic heterocycles. The minimum absolute atomic E-state index is 0. The summed E-state index contributed by atoms with van der Waals surface area (Å²) in [5.74, 6) is -2.42. The van der Waals surface area contributed by atoms with E-state index >= 15 is 0 Å². The molecule has 3 saturated heterocycles. The van der Waals surface area contributed by atoms with Gasteiger partial charge in [0.1, 0.15) is 6.61 Å². The zero-order valence-corrected chi connectivity index (χ0v) is 22.4. The van der Waals surface area contributed by atoms with E-state index in [1.165, 1.54) is 9.80 Å². The van der Waals surface area contributed by atoms with Crippen molar-refractivity contribution in [2.24, 2.45) is 11.8 Å². The number of likely N-dealkylation sites (tertiary alicyclic amines) is 2. The average Bonchev–Trinajstić information content (AvgIpc) is 3.58. The van der Waals surface area contributed by atoms with Crippen molar-refractivity contribution in [3.05, 3.63) is 61.2 Å². The number of carboxylic acids is 1. The van der Waals surface area contributed by atoms with E-state index in [0.717, 1.165) is 5.56 Å². The number of carbonyl (C=O) groups is 5. The van der Waals surface area contributed by atoms with E-state index in [1.54, 1.807) is 17.1 Å². The molecule has 4 N–H and O–H groups in total. The quantitative estimate of drug-likeness (QED) is 0.148. The average molecular weight is 556 g/mol. The number of carbonyl (C=O) groups excluding carboxylic acids is 4. The maximum Gasteiger partial charge on any atom is 1.00 e. The van der Waals surface area contributed by atoms with Crippen molar-refractivity contribution in [1.29, 1.82) is 0 Å². The first-order chi connectivity index (χ1) is 18.2. The van der Waals surface area contributed by atoms with E-state index < -0.39 is 23.9 Å². The number of hydrogen-bond acceptors (Lipinski definition) is 9. The van der Waals surface area contributed by atoms with Crippen LogP contribution >= 0.6 is 0 Å². The van der Waals surface area contributed by atoms with Gasteiger partial charge in [0.15, 0.2) is 0 Å². The summed E-state index contributed by atoms with van der Waals surface area (Å²) in [6.07, 6.45) is 3.43. The number of benzene rings is 1. The molecule has 13 nitrogen and oxygen atoms in total. The number of carboxylic acid groups (broad SMARTS) is 1. The predicted molar refractivity (Wildman–Crippen MR) is 137 cm³/mol. The van der Waals surface area contributed by atoms with E-state index in [-0.39, 0.29) is 67.5 Å². The van der Waals surface area contributed by atoms with Gasteiger partial charge in [-0.25, -0.2) is 9.69 Å². The molecule has 1 aromatic rings. The molecule has 4 amide bonds. The van der Waals surface area contributed by atoms with Gasteiger partial charge in [-0.2, -0.15) is 0 Å². The number of imide groups is 1. The number of rotatable bonds is 8. The molecule has 0 radical (unpaired) electrons. The summed E-state index contributed by atoms with van der Waals surface area (Å²) in [4.78, 5) is 62.6. The van der Waals surface area contributed by atoms with Crippen molar-refractivity contribution in [3.8, 4) is 0 Å². The van der Waals surface area contributed by atoms with Crippen LogP contribution in [0.3, 0.4) is 0 Å². The third-order valence-corrected chi connectivity index (χ3v) is 6.34. The molecule has 214 valence electrons. The fourth-order valence-electron chi connectivity index (χ4n) is 4.50.